The molecule has 1 atom stereocenters. The van der Waals surface area contributed by atoms with Crippen molar-refractivity contribution in [2.24, 2.45) is 5.73 Å². The van der Waals surface area contributed by atoms with E-state index in [9.17, 15) is 0 Å². The zero-order chi connectivity index (χ0) is 15.8. The lowest BCUT2D eigenvalue weighted by Crippen LogP contribution is -2.18. The number of thiazole rings is 1. The summed E-state index contributed by atoms with van der Waals surface area (Å²) < 4.78 is 2.05. The molecule has 2 aromatic rings. The standard InChI is InChI=1S/C16H26N4S/c1-10(17)7-13-11(2)19-20(12(13)3)8-15-18-14(9-21-15)16(4,5)6/h9-10H,7-8,17H2,1-6H3. The van der Waals surface area contributed by atoms with Gasteiger partial charge >= 0.3 is 0 Å². The highest BCUT2D eigenvalue weighted by Gasteiger charge is 2.19. The van der Waals surface area contributed by atoms with Crippen LogP contribution >= 0.6 is 11.3 Å². The van der Waals surface area contributed by atoms with Crippen LogP contribution in [0.5, 0.6) is 0 Å². The van der Waals surface area contributed by atoms with Crippen LogP contribution in [0.3, 0.4) is 0 Å². The van der Waals surface area contributed by atoms with Gasteiger partial charge in [0.15, 0.2) is 0 Å². The summed E-state index contributed by atoms with van der Waals surface area (Å²) in [5, 5.41) is 7.92. The van der Waals surface area contributed by atoms with E-state index in [-0.39, 0.29) is 11.5 Å². The molecular weight excluding hydrogens is 280 g/mol. The fraction of sp³-hybridized carbons (Fsp3) is 0.625. The number of nitrogens with two attached hydrogens (primary N) is 1. The Morgan fingerprint density at radius 2 is 2.00 bits per heavy atom. The van der Waals surface area contributed by atoms with Crippen LogP contribution in [0, 0.1) is 13.8 Å². The second-order valence-electron chi connectivity index (χ2n) is 6.86. The molecule has 21 heavy (non-hydrogen) atoms. The van der Waals surface area contributed by atoms with Gasteiger partial charge in [-0.1, -0.05) is 20.8 Å². The molecule has 0 aliphatic rings. The van der Waals surface area contributed by atoms with Gasteiger partial charge in [0.2, 0.25) is 0 Å². The molecule has 0 amide bonds. The van der Waals surface area contributed by atoms with E-state index < -0.39 is 0 Å². The summed E-state index contributed by atoms with van der Waals surface area (Å²) in [6.07, 6.45) is 0.878. The number of rotatable bonds is 4. The molecular formula is C16H26N4S. The van der Waals surface area contributed by atoms with Gasteiger partial charge in [0.05, 0.1) is 17.9 Å². The Bertz CT molecular complexity index is 617. The summed E-state index contributed by atoms with van der Waals surface area (Å²) in [5.74, 6) is 0. The Morgan fingerprint density at radius 1 is 1.33 bits per heavy atom. The minimum Gasteiger partial charge on any atom is -0.328 e. The van der Waals surface area contributed by atoms with E-state index in [1.165, 1.54) is 11.3 Å². The lowest BCUT2D eigenvalue weighted by atomic mass is 9.93. The average Bonchev–Trinajstić information content (AvgIpc) is 2.90. The number of aromatic nitrogens is 3. The normalized spacial score (nSPS) is 13.7. The number of hydrogen-bond donors (Lipinski definition) is 1. The lowest BCUT2D eigenvalue weighted by molar-refractivity contribution is 0.566. The SMILES string of the molecule is Cc1nn(Cc2nc(C(C)(C)C)cs2)c(C)c1CC(C)N. The maximum absolute atomic E-state index is 5.93. The molecule has 2 N–H and O–H groups in total. The third-order valence-corrected chi connectivity index (χ3v) is 4.50. The van der Waals surface area contributed by atoms with Gasteiger partial charge in [-0.15, -0.1) is 11.3 Å². The largest absolute Gasteiger partial charge is 0.328 e. The predicted molar refractivity (Wildman–Crippen MR) is 89.0 cm³/mol. The summed E-state index contributed by atoms with van der Waals surface area (Å²) in [6.45, 7) is 13.5. The molecule has 0 saturated heterocycles. The fourth-order valence-electron chi connectivity index (χ4n) is 2.36. The minimum absolute atomic E-state index is 0.101. The summed E-state index contributed by atoms with van der Waals surface area (Å²) in [7, 11) is 0. The van der Waals surface area contributed by atoms with Crippen LogP contribution in [0.15, 0.2) is 5.38 Å². The predicted octanol–water partition coefficient (Wildman–Crippen LogP) is 3.19. The van der Waals surface area contributed by atoms with Crippen LogP contribution in [0.4, 0.5) is 0 Å². The molecule has 0 spiro atoms. The zero-order valence-electron chi connectivity index (χ0n) is 13.9. The second-order valence-corrected chi connectivity index (χ2v) is 7.81. The molecule has 116 valence electrons. The Balaban J connectivity index is 2.22. The molecule has 2 heterocycles. The van der Waals surface area contributed by atoms with Gasteiger partial charge in [0, 0.05) is 22.5 Å². The summed E-state index contributed by atoms with van der Waals surface area (Å²) >= 11 is 1.71. The molecule has 2 aromatic heterocycles. The third kappa shape index (κ3) is 3.71. The van der Waals surface area contributed by atoms with Crippen molar-refractivity contribution in [3.63, 3.8) is 0 Å². The summed E-state index contributed by atoms with van der Waals surface area (Å²) in [5.41, 5.74) is 10.7. The minimum atomic E-state index is 0.101. The van der Waals surface area contributed by atoms with Gasteiger partial charge in [-0.2, -0.15) is 5.10 Å². The average molecular weight is 306 g/mol. The van der Waals surface area contributed by atoms with Gasteiger partial charge in [0.25, 0.3) is 0 Å². The van der Waals surface area contributed by atoms with Crippen molar-refractivity contribution in [3.05, 3.63) is 33.0 Å². The highest BCUT2D eigenvalue weighted by Crippen LogP contribution is 2.25. The molecule has 2 rings (SSSR count). The molecule has 1 unspecified atom stereocenters. The quantitative estimate of drug-likeness (QED) is 0.943. The molecule has 4 nitrogen and oxygen atoms in total. The Labute approximate surface area is 131 Å². The molecule has 0 aliphatic heterocycles. The van der Waals surface area contributed by atoms with Crippen LogP contribution < -0.4 is 5.73 Å². The highest BCUT2D eigenvalue weighted by atomic mass is 32.1. The Morgan fingerprint density at radius 3 is 2.52 bits per heavy atom. The van der Waals surface area contributed by atoms with Crippen molar-refractivity contribution >= 4 is 11.3 Å². The van der Waals surface area contributed by atoms with Crippen molar-refractivity contribution in [2.45, 2.75) is 66.0 Å². The molecule has 0 fully saturated rings. The molecule has 5 heteroatoms. The molecule has 0 radical (unpaired) electrons. The summed E-state index contributed by atoms with van der Waals surface area (Å²) in [6, 6.07) is 0.160. The zero-order valence-corrected chi connectivity index (χ0v) is 14.7. The lowest BCUT2D eigenvalue weighted by Gasteiger charge is -2.14. The Hall–Kier alpha value is -1.20. The number of aryl methyl sites for hydroxylation is 1. The fourth-order valence-corrected chi connectivity index (χ4v) is 3.36. The maximum atomic E-state index is 5.93. The van der Waals surface area contributed by atoms with Crippen molar-refractivity contribution in [3.8, 4) is 0 Å². The van der Waals surface area contributed by atoms with E-state index in [1.807, 2.05) is 6.92 Å². The van der Waals surface area contributed by atoms with E-state index >= 15 is 0 Å². The van der Waals surface area contributed by atoms with Crippen LogP contribution in [-0.4, -0.2) is 20.8 Å². The first kappa shape index (κ1) is 16.2. The van der Waals surface area contributed by atoms with E-state index in [0.717, 1.165) is 29.4 Å². The van der Waals surface area contributed by atoms with Crippen LogP contribution in [0.2, 0.25) is 0 Å². The first-order valence-corrected chi connectivity index (χ1v) is 8.29. The van der Waals surface area contributed by atoms with Crippen molar-refractivity contribution < 1.29 is 0 Å². The topological polar surface area (TPSA) is 56.7 Å². The maximum Gasteiger partial charge on any atom is 0.114 e. The smallest absolute Gasteiger partial charge is 0.114 e. The van der Waals surface area contributed by atoms with Gasteiger partial charge in [-0.05, 0) is 32.8 Å². The number of nitrogens with zero attached hydrogens (tertiary/aromatic N) is 3. The Kier molecular flexibility index (Phi) is 4.54. The van der Waals surface area contributed by atoms with Gasteiger partial charge in [0.1, 0.15) is 5.01 Å². The van der Waals surface area contributed by atoms with Crippen molar-refractivity contribution in [2.75, 3.05) is 0 Å². The van der Waals surface area contributed by atoms with Crippen LogP contribution in [-0.2, 0) is 18.4 Å². The number of hydrogen-bond acceptors (Lipinski definition) is 4. The monoisotopic (exact) mass is 306 g/mol. The van der Waals surface area contributed by atoms with Gasteiger partial charge < -0.3 is 5.73 Å². The highest BCUT2D eigenvalue weighted by molar-refractivity contribution is 7.09. The molecule has 0 aliphatic carbocycles. The third-order valence-electron chi connectivity index (χ3n) is 3.66. The first-order valence-electron chi connectivity index (χ1n) is 7.42. The van der Waals surface area contributed by atoms with E-state index in [1.54, 1.807) is 11.3 Å². The first-order chi connectivity index (χ1) is 9.68. The molecule has 0 saturated carbocycles. The molecule has 0 bridgehead atoms. The van der Waals surface area contributed by atoms with Crippen molar-refractivity contribution in [1.82, 2.24) is 14.8 Å². The van der Waals surface area contributed by atoms with Crippen LogP contribution in [0.1, 0.15) is 55.3 Å². The summed E-state index contributed by atoms with van der Waals surface area (Å²) in [4.78, 5) is 4.75. The van der Waals surface area contributed by atoms with Crippen molar-refractivity contribution in [1.29, 1.82) is 0 Å². The van der Waals surface area contributed by atoms with E-state index in [0.29, 0.717) is 0 Å². The van der Waals surface area contributed by atoms with Crippen LogP contribution in [0.25, 0.3) is 0 Å². The van der Waals surface area contributed by atoms with Gasteiger partial charge in [-0.3, -0.25) is 4.68 Å². The van der Waals surface area contributed by atoms with E-state index in [4.69, 9.17) is 10.7 Å². The van der Waals surface area contributed by atoms with Gasteiger partial charge in [-0.25, -0.2) is 4.98 Å². The second kappa shape index (κ2) is 5.89. The molecule has 0 aromatic carbocycles. The van der Waals surface area contributed by atoms with E-state index in [2.05, 4.69) is 49.8 Å².